The van der Waals surface area contributed by atoms with Gasteiger partial charge < -0.3 is 21.7 Å². The molecule has 25 heavy (non-hydrogen) atoms. The Bertz CT molecular complexity index is 745. The van der Waals surface area contributed by atoms with Crippen molar-refractivity contribution in [1.29, 1.82) is 0 Å². The molecule has 0 aliphatic heterocycles. The predicted molar refractivity (Wildman–Crippen MR) is 96.3 cm³/mol. The van der Waals surface area contributed by atoms with E-state index in [1.165, 1.54) is 0 Å². The van der Waals surface area contributed by atoms with Crippen molar-refractivity contribution in [2.45, 2.75) is 19.4 Å². The summed E-state index contributed by atoms with van der Waals surface area (Å²) in [5.41, 5.74) is 6.69. The lowest BCUT2D eigenvalue weighted by Crippen LogP contribution is -2.35. The number of nitrogens with two attached hydrogens (primary N) is 1. The number of hydrogen-bond acceptors (Lipinski definition) is 3. The van der Waals surface area contributed by atoms with Crippen LogP contribution in [0.2, 0.25) is 0 Å². The fraction of sp³-hybridized carbons (Fsp3) is 0.167. The van der Waals surface area contributed by atoms with Crippen molar-refractivity contribution in [3.63, 3.8) is 0 Å². The van der Waals surface area contributed by atoms with E-state index in [4.69, 9.17) is 5.73 Å². The van der Waals surface area contributed by atoms with E-state index < -0.39 is 6.03 Å². The van der Waals surface area contributed by atoms with Crippen LogP contribution in [-0.4, -0.2) is 23.9 Å². The molecule has 0 saturated carbocycles. The third kappa shape index (κ3) is 5.98. The summed E-state index contributed by atoms with van der Waals surface area (Å²) in [6, 6.07) is 14.4. The first kappa shape index (κ1) is 18.0. The number of anilines is 2. The normalized spacial score (nSPS) is 11.2. The molecule has 0 aromatic heterocycles. The molecule has 4 amide bonds. The van der Waals surface area contributed by atoms with Gasteiger partial charge in [0.1, 0.15) is 0 Å². The number of carbonyl (C=O) groups excluding carboxylic acids is 3. The van der Waals surface area contributed by atoms with Gasteiger partial charge in [0, 0.05) is 29.4 Å². The summed E-state index contributed by atoms with van der Waals surface area (Å²) in [5, 5.41) is 7.95. The minimum absolute atomic E-state index is 0.139. The average molecular weight is 340 g/mol. The van der Waals surface area contributed by atoms with Gasteiger partial charge in [-0.05, 0) is 43.3 Å². The van der Waals surface area contributed by atoms with E-state index in [-0.39, 0.29) is 24.3 Å². The van der Waals surface area contributed by atoms with E-state index in [0.717, 1.165) is 0 Å². The highest BCUT2D eigenvalue weighted by atomic mass is 16.2. The first-order valence-electron chi connectivity index (χ1n) is 7.76. The molecule has 1 atom stereocenters. The van der Waals surface area contributed by atoms with Crippen LogP contribution in [0.1, 0.15) is 23.7 Å². The smallest absolute Gasteiger partial charge is 0.316 e. The number of rotatable bonds is 6. The number of hydrogen-bond donors (Lipinski definition) is 4. The van der Waals surface area contributed by atoms with Gasteiger partial charge in [0.25, 0.3) is 5.91 Å². The van der Waals surface area contributed by atoms with Crippen molar-refractivity contribution in [2.24, 2.45) is 5.73 Å². The summed E-state index contributed by atoms with van der Waals surface area (Å²) in [6.07, 6.45) is 0.139. The van der Waals surface area contributed by atoms with Gasteiger partial charge in [-0.2, -0.15) is 0 Å². The van der Waals surface area contributed by atoms with E-state index in [9.17, 15) is 14.4 Å². The highest BCUT2D eigenvalue weighted by molar-refractivity contribution is 5.95. The number of nitrogens with one attached hydrogen (secondary N) is 3. The Morgan fingerprint density at radius 1 is 0.920 bits per heavy atom. The van der Waals surface area contributed by atoms with Gasteiger partial charge in [-0.3, -0.25) is 9.59 Å². The van der Waals surface area contributed by atoms with Crippen LogP contribution in [-0.2, 0) is 4.79 Å². The largest absolute Gasteiger partial charge is 0.351 e. The summed E-state index contributed by atoms with van der Waals surface area (Å²) in [4.78, 5) is 34.8. The first-order valence-corrected chi connectivity index (χ1v) is 7.76. The highest BCUT2D eigenvalue weighted by Crippen LogP contribution is 2.13. The lowest BCUT2D eigenvalue weighted by atomic mass is 10.1. The Hall–Kier alpha value is -3.35. The second-order valence-electron chi connectivity index (χ2n) is 5.56. The molecule has 5 N–H and O–H groups in total. The molecule has 7 heteroatoms. The zero-order chi connectivity index (χ0) is 18.2. The third-order valence-corrected chi connectivity index (χ3v) is 3.34. The second kappa shape index (κ2) is 8.49. The van der Waals surface area contributed by atoms with Crippen molar-refractivity contribution >= 4 is 29.2 Å². The van der Waals surface area contributed by atoms with Gasteiger partial charge >= 0.3 is 6.03 Å². The Morgan fingerprint density at radius 2 is 1.48 bits per heavy atom. The minimum atomic E-state index is -0.653. The van der Waals surface area contributed by atoms with Crippen LogP contribution < -0.4 is 21.7 Å². The maximum absolute atomic E-state index is 12.1. The third-order valence-electron chi connectivity index (χ3n) is 3.34. The number of amides is 4. The topological polar surface area (TPSA) is 113 Å². The van der Waals surface area contributed by atoms with Crippen molar-refractivity contribution in [2.75, 3.05) is 10.6 Å². The van der Waals surface area contributed by atoms with Crippen LogP contribution in [0.3, 0.4) is 0 Å². The van der Waals surface area contributed by atoms with Crippen LogP contribution in [0, 0.1) is 0 Å². The monoisotopic (exact) mass is 340 g/mol. The molecule has 0 spiro atoms. The lowest BCUT2D eigenvalue weighted by molar-refractivity contribution is -0.116. The zero-order valence-corrected chi connectivity index (χ0v) is 13.8. The van der Waals surface area contributed by atoms with E-state index >= 15 is 0 Å². The number of urea groups is 1. The molecule has 2 rings (SSSR count). The second-order valence-corrected chi connectivity index (χ2v) is 5.56. The van der Waals surface area contributed by atoms with Crippen molar-refractivity contribution in [3.05, 3.63) is 60.2 Å². The quantitative estimate of drug-likeness (QED) is 0.647. The Labute approximate surface area is 145 Å². The van der Waals surface area contributed by atoms with E-state index in [0.29, 0.717) is 16.9 Å². The lowest BCUT2D eigenvalue weighted by Gasteiger charge is -2.14. The number of benzene rings is 2. The molecule has 0 aliphatic rings. The molecule has 0 bridgehead atoms. The van der Waals surface area contributed by atoms with Gasteiger partial charge in [-0.25, -0.2) is 4.79 Å². The van der Waals surface area contributed by atoms with Gasteiger partial charge in [-0.15, -0.1) is 0 Å². The van der Waals surface area contributed by atoms with Crippen LogP contribution in [0.25, 0.3) is 0 Å². The average Bonchev–Trinajstić information content (AvgIpc) is 2.56. The minimum Gasteiger partial charge on any atom is -0.351 e. The fourth-order valence-electron chi connectivity index (χ4n) is 2.22. The molecule has 0 aliphatic carbocycles. The Morgan fingerprint density at radius 3 is 2.04 bits per heavy atom. The molecule has 2 aromatic rings. The maximum Gasteiger partial charge on any atom is 0.316 e. The van der Waals surface area contributed by atoms with Crippen LogP contribution in [0.4, 0.5) is 16.2 Å². The fourth-order valence-corrected chi connectivity index (χ4v) is 2.22. The van der Waals surface area contributed by atoms with Crippen LogP contribution in [0.15, 0.2) is 54.6 Å². The Kier molecular flexibility index (Phi) is 6.11. The Balaban J connectivity index is 1.83. The standard InChI is InChI=1S/C18H20N4O3/c1-12(20-17(24)13-5-3-2-4-6-13)11-16(23)21-14-7-9-15(10-8-14)22-18(19)25/h2-10,12H,11H2,1H3,(H,20,24)(H,21,23)(H3,19,22,25). The molecule has 0 radical (unpaired) electrons. The van der Waals surface area contributed by atoms with E-state index in [2.05, 4.69) is 16.0 Å². The van der Waals surface area contributed by atoms with Gasteiger partial charge in [0.2, 0.25) is 5.91 Å². The zero-order valence-electron chi connectivity index (χ0n) is 13.8. The molecule has 7 nitrogen and oxygen atoms in total. The summed E-state index contributed by atoms with van der Waals surface area (Å²) < 4.78 is 0. The van der Waals surface area contributed by atoms with Crippen LogP contribution in [0.5, 0.6) is 0 Å². The molecule has 2 aromatic carbocycles. The summed E-state index contributed by atoms with van der Waals surface area (Å²) in [5.74, 6) is -0.445. The molecule has 0 saturated heterocycles. The molecular weight excluding hydrogens is 320 g/mol. The SMILES string of the molecule is CC(CC(=O)Nc1ccc(NC(N)=O)cc1)NC(=O)c1ccccc1. The summed E-state index contributed by atoms with van der Waals surface area (Å²) in [6.45, 7) is 1.76. The molecule has 130 valence electrons. The van der Waals surface area contributed by atoms with Crippen molar-refractivity contribution in [3.8, 4) is 0 Å². The predicted octanol–water partition coefficient (Wildman–Crippen LogP) is 2.32. The molecule has 0 fully saturated rings. The molecule has 0 heterocycles. The first-order chi connectivity index (χ1) is 11.9. The van der Waals surface area contributed by atoms with Crippen molar-refractivity contribution in [1.82, 2.24) is 5.32 Å². The molecular formula is C18H20N4O3. The van der Waals surface area contributed by atoms with Crippen molar-refractivity contribution < 1.29 is 14.4 Å². The van der Waals surface area contributed by atoms with Gasteiger partial charge in [0.05, 0.1) is 0 Å². The maximum atomic E-state index is 12.1. The highest BCUT2D eigenvalue weighted by Gasteiger charge is 2.13. The van der Waals surface area contributed by atoms with Crippen LogP contribution >= 0.6 is 0 Å². The summed E-state index contributed by atoms with van der Waals surface area (Å²) >= 11 is 0. The van der Waals surface area contributed by atoms with Gasteiger partial charge in [0.15, 0.2) is 0 Å². The number of primary amides is 1. The molecule has 1 unspecified atom stereocenters. The summed E-state index contributed by atoms with van der Waals surface area (Å²) in [7, 11) is 0. The van der Waals surface area contributed by atoms with Gasteiger partial charge in [-0.1, -0.05) is 18.2 Å². The number of carbonyl (C=O) groups is 3. The van der Waals surface area contributed by atoms with E-state index in [1.54, 1.807) is 55.5 Å². The van der Waals surface area contributed by atoms with E-state index in [1.807, 2.05) is 6.07 Å².